The smallest absolute Gasteiger partial charge is 0.221 e. The molecule has 4 heteroatoms. The Hall–Kier alpha value is -1.39. The van der Waals surface area contributed by atoms with Crippen LogP contribution >= 0.6 is 0 Å². The van der Waals surface area contributed by atoms with E-state index in [9.17, 15) is 4.79 Å². The van der Waals surface area contributed by atoms with E-state index < -0.39 is 0 Å². The Kier molecular flexibility index (Phi) is 4.10. The van der Waals surface area contributed by atoms with Gasteiger partial charge in [0.1, 0.15) is 0 Å². The lowest BCUT2D eigenvalue weighted by atomic mass is 10.1. The molecule has 76 valence electrons. The van der Waals surface area contributed by atoms with E-state index in [1.165, 1.54) is 6.92 Å². The lowest BCUT2D eigenvalue weighted by Crippen LogP contribution is -2.11. The molecular formula is C10H14N2O2. The monoisotopic (exact) mass is 194 g/mol. The average Bonchev–Trinajstić information content (AvgIpc) is 2.14. The first-order valence-electron chi connectivity index (χ1n) is 4.46. The zero-order valence-corrected chi connectivity index (χ0v) is 8.08. The van der Waals surface area contributed by atoms with Crippen LogP contribution in [0.4, 0.5) is 5.69 Å². The van der Waals surface area contributed by atoms with Gasteiger partial charge in [0.2, 0.25) is 5.91 Å². The van der Waals surface area contributed by atoms with Gasteiger partial charge >= 0.3 is 0 Å². The summed E-state index contributed by atoms with van der Waals surface area (Å²) in [6, 6.07) is 7.54. The van der Waals surface area contributed by atoms with Gasteiger partial charge in [-0.05, 0) is 24.1 Å². The molecular weight excluding hydrogens is 180 g/mol. The lowest BCUT2D eigenvalue weighted by molar-refractivity contribution is -0.114. The fraction of sp³-hybridized carbons (Fsp3) is 0.300. The van der Waals surface area contributed by atoms with Gasteiger partial charge in [-0.3, -0.25) is 4.79 Å². The van der Waals surface area contributed by atoms with E-state index in [1.807, 2.05) is 24.3 Å². The lowest BCUT2D eigenvalue weighted by Gasteiger charge is -2.04. The second-order valence-electron chi connectivity index (χ2n) is 3.04. The third-order valence-corrected chi connectivity index (χ3v) is 1.77. The summed E-state index contributed by atoms with van der Waals surface area (Å²) < 4.78 is 0. The molecule has 0 aliphatic rings. The summed E-state index contributed by atoms with van der Waals surface area (Å²) >= 11 is 0. The van der Waals surface area contributed by atoms with Gasteiger partial charge in [-0.1, -0.05) is 12.1 Å². The second kappa shape index (κ2) is 5.36. The molecule has 0 unspecified atom stereocenters. The molecule has 0 aliphatic heterocycles. The minimum absolute atomic E-state index is 0.0811. The van der Waals surface area contributed by atoms with Crippen molar-refractivity contribution in [1.29, 1.82) is 0 Å². The van der Waals surface area contributed by atoms with Gasteiger partial charge in [0.05, 0.1) is 0 Å². The molecule has 0 saturated heterocycles. The first-order valence-corrected chi connectivity index (χ1v) is 4.46. The van der Waals surface area contributed by atoms with Crippen LogP contribution in [0.2, 0.25) is 0 Å². The van der Waals surface area contributed by atoms with Crippen LogP contribution in [0, 0.1) is 0 Å². The summed E-state index contributed by atoms with van der Waals surface area (Å²) in [6.07, 6.45) is 0.726. The van der Waals surface area contributed by atoms with Crippen molar-refractivity contribution in [2.24, 2.45) is 0 Å². The molecule has 4 nitrogen and oxygen atoms in total. The third kappa shape index (κ3) is 3.55. The normalized spacial score (nSPS) is 9.86. The number of carbonyl (C=O) groups is 1. The zero-order chi connectivity index (χ0) is 10.4. The van der Waals surface area contributed by atoms with Crippen molar-refractivity contribution >= 4 is 11.6 Å². The van der Waals surface area contributed by atoms with Crippen molar-refractivity contribution in [2.45, 2.75) is 13.3 Å². The number of hydroxylamine groups is 1. The standard InChI is InChI=1S/C10H14N2O2/c1-8(13)12-10-4-2-3-9(7-10)5-6-11-14/h2-4,7,11,14H,5-6H2,1H3,(H,12,13). The zero-order valence-electron chi connectivity index (χ0n) is 8.08. The van der Waals surface area contributed by atoms with Gasteiger partial charge in [0, 0.05) is 19.2 Å². The number of benzene rings is 1. The molecule has 1 amide bonds. The van der Waals surface area contributed by atoms with Crippen LogP contribution in [-0.2, 0) is 11.2 Å². The van der Waals surface area contributed by atoms with Crippen LogP contribution in [0.5, 0.6) is 0 Å². The maximum Gasteiger partial charge on any atom is 0.221 e. The Bertz CT molecular complexity index is 313. The number of amides is 1. The van der Waals surface area contributed by atoms with Crippen LogP contribution in [0.1, 0.15) is 12.5 Å². The molecule has 1 rings (SSSR count). The second-order valence-corrected chi connectivity index (χ2v) is 3.04. The Labute approximate surface area is 82.9 Å². The van der Waals surface area contributed by atoms with Crippen molar-refractivity contribution in [3.63, 3.8) is 0 Å². The highest BCUT2D eigenvalue weighted by Crippen LogP contribution is 2.10. The van der Waals surface area contributed by atoms with Crippen LogP contribution in [-0.4, -0.2) is 17.7 Å². The molecule has 0 atom stereocenters. The largest absolute Gasteiger partial charge is 0.326 e. The molecule has 3 N–H and O–H groups in total. The first-order chi connectivity index (χ1) is 6.72. The predicted molar refractivity (Wildman–Crippen MR) is 54.2 cm³/mol. The molecule has 0 aliphatic carbocycles. The number of carbonyl (C=O) groups excluding carboxylic acids is 1. The van der Waals surface area contributed by atoms with E-state index in [0.717, 1.165) is 17.7 Å². The molecule has 0 spiro atoms. The van der Waals surface area contributed by atoms with Crippen molar-refractivity contribution in [1.82, 2.24) is 5.48 Å². The number of hydrogen-bond donors (Lipinski definition) is 3. The number of anilines is 1. The summed E-state index contributed by atoms with van der Waals surface area (Å²) in [7, 11) is 0. The molecule has 0 fully saturated rings. The van der Waals surface area contributed by atoms with Crippen LogP contribution in [0.3, 0.4) is 0 Å². The van der Waals surface area contributed by atoms with Crippen molar-refractivity contribution in [2.75, 3.05) is 11.9 Å². The van der Waals surface area contributed by atoms with Gasteiger partial charge in [-0.15, -0.1) is 0 Å². The maximum absolute atomic E-state index is 10.8. The molecule has 0 saturated carbocycles. The van der Waals surface area contributed by atoms with Crippen molar-refractivity contribution in [3.8, 4) is 0 Å². The van der Waals surface area contributed by atoms with Gasteiger partial charge in [0.15, 0.2) is 0 Å². The minimum Gasteiger partial charge on any atom is -0.326 e. The number of nitrogens with one attached hydrogen (secondary N) is 2. The van der Waals surface area contributed by atoms with Crippen LogP contribution in [0.15, 0.2) is 24.3 Å². The summed E-state index contributed by atoms with van der Waals surface area (Å²) in [6.45, 7) is 1.98. The van der Waals surface area contributed by atoms with Gasteiger partial charge in [-0.25, -0.2) is 5.48 Å². The molecule has 14 heavy (non-hydrogen) atoms. The molecule has 0 bridgehead atoms. The van der Waals surface area contributed by atoms with E-state index in [-0.39, 0.29) is 5.91 Å². The van der Waals surface area contributed by atoms with E-state index in [0.29, 0.717) is 6.54 Å². The summed E-state index contributed by atoms with van der Waals surface area (Å²) in [4.78, 5) is 10.8. The molecule has 0 aromatic heterocycles. The highest BCUT2D eigenvalue weighted by Gasteiger charge is 1.97. The van der Waals surface area contributed by atoms with Crippen molar-refractivity contribution < 1.29 is 10.0 Å². The van der Waals surface area contributed by atoms with Crippen molar-refractivity contribution in [3.05, 3.63) is 29.8 Å². The fourth-order valence-corrected chi connectivity index (χ4v) is 1.21. The highest BCUT2D eigenvalue weighted by molar-refractivity contribution is 5.88. The molecule has 1 aromatic carbocycles. The summed E-state index contributed by atoms with van der Waals surface area (Å²) in [5.74, 6) is -0.0811. The van der Waals surface area contributed by atoms with Gasteiger partial charge in [-0.2, -0.15) is 0 Å². The SMILES string of the molecule is CC(=O)Nc1cccc(CCNO)c1. The predicted octanol–water partition coefficient (Wildman–Crippen LogP) is 1.17. The molecule has 0 radical (unpaired) electrons. The summed E-state index contributed by atoms with van der Waals surface area (Å²) in [5.41, 5.74) is 3.94. The third-order valence-electron chi connectivity index (χ3n) is 1.77. The summed E-state index contributed by atoms with van der Waals surface area (Å²) in [5, 5.41) is 11.1. The van der Waals surface area contributed by atoms with E-state index in [4.69, 9.17) is 5.21 Å². The Morgan fingerprint density at radius 1 is 1.50 bits per heavy atom. The van der Waals surface area contributed by atoms with E-state index in [2.05, 4.69) is 10.8 Å². The number of hydrogen-bond acceptors (Lipinski definition) is 3. The topological polar surface area (TPSA) is 61.4 Å². The van der Waals surface area contributed by atoms with Gasteiger partial charge < -0.3 is 10.5 Å². The molecule has 1 aromatic rings. The fourth-order valence-electron chi connectivity index (χ4n) is 1.21. The Balaban J connectivity index is 2.63. The minimum atomic E-state index is -0.0811. The first kappa shape index (κ1) is 10.7. The molecule has 0 heterocycles. The average molecular weight is 194 g/mol. The van der Waals surface area contributed by atoms with E-state index in [1.54, 1.807) is 0 Å². The van der Waals surface area contributed by atoms with E-state index >= 15 is 0 Å². The highest BCUT2D eigenvalue weighted by atomic mass is 16.5. The van der Waals surface area contributed by atoms with Crippen LogP contribution < -0.4 is 10.8 Å². The quantitative estimate of drug-likeness (QED) is 0.630. The van der Waals surface area contributed by atoms with Crippen LogP contribution in [0.25, 0.3) is 0 Å². The Morgan fingerprint density at radius 2 is 2.29 bits per heavy atom. The Morgan fingerprint density at radius 3 is 2.93 bits per heavy atom. The maximum atomic E-state index is 10.8. The number of rotatable bonds is 4. The van der Waals surface area contributed by atoms with Gasteiger partial charge in [0.25, 0.3) is 0 Å².